The molecule has 1 aromatic rings. The number of ether oxygens (including phenoxy) is 2. The first-order valence-corrected chi connectivity index (χ1v) is 7.66. The van der Waals surface area contributed by atoms with Crippen LogP contribution in [-0.2, 0) is 0 Å². The van der Waals surface area contributed by atoms with Crippen molar-refractivity contribution in [3.05, 3.63) is 18.2 Å². The first kappa shape index (κ1) is 15.0. The number of rotatable bonds is 7. The van der Waals surface area contributed by atoms with Crippen LogP contribution in [0.4, 0.5) is 5.69 Å². The molecule has 0 aliphatic carbocycles. The van der Waals surface area contributed by atoms with Crippen LogP contribution in [0.2, 0.25) is 0 Å². The molecule has 0 aromatic heterocycles. The van der Waals surface area contributed by atoms with E-state index in [9.17, 15) is 0 Å². The lowest BCUT2D eigenvalue weighted by Gasteiger charge is -2.21. The molecule has 1 unspecified atom stereocenters. The average molecular weight is 278 g/mol. The molecule has 0 saturated carbocycles. The van der Waals surface area contributed by atoms with E-state index in [-0.39, 0.29) is 0 Å². The molecule has 1 aliphatic rings. The Hall–Kier alpha value is -1.42. The molecule has 1 heterocycles. The van der Waals surface area contributed by atoms with Crippen molar-refractivity contribution in [1.82, 2.24) is 5.32 Å². The Labute approximate surface area is 122 Å². The van der Waals surface area contributed by atoms with E-state index in [0.29, 0.717) is 19.3 Å². The van der Waals surface area contributed by atoms with Crippen LogP contribution in [0.5, 0.6) is 11.5 Å². The van der Waals surface area contributed by atoms with Crippen molar-refractivity contribution in [1.29, 1.82) is 0 Å². The van der Waals surface area contributed by atoms with Crippen molar-refractivity contribution in [2.45, 2.75) is 33.2 Å². The summed E-state index contributed by atoms with van der Waals surface area (Å²) in [5.41, 5.74) is 1.22. The quantitative estimate of drug-likeness (QED) is 0.831. The van der Waals surface area contributed by atoms with Crippen molar-refractivity contribution in [2.24, 2.45) is 0 Å². The molecule has 1 aromatic carbocycles. The highest BCUT2D eigenvalue weighted by Crippen LogP contribution is 2.33. The van der Waals surface area contributed by atoms with E-state index < -0.39 is 0 Å². The van der Waals surface area contributed by atoms with E-state index in [0.717, 1.165) is 31.1 Å². The summed E-state index contributed by atoms with van der Waals surface area (Å²) in [6.07, 6.45) is 1.20. The highest BCUT2D eigenvalue weighted by atomic mass is 16.5. The smallest absolute Gasteiger partial charge is 0.163 e. The fourth-order valence-electron chi connectivity index (χ4n) is 2.69. The standard InChI is InChI=1S/C16H26N2O2/c1-4-17-13-9-10-18(12-13)14-7-8-15(19-5-2)16(11-14)20-6-3/h7-8,11,13,17H,4-6,9-10,12H2,1-3H3. The zero-order chi connectivity index (χ0) is 14.4. The molecule has 4 heteroatoms. The topological polar surface area (TPSA) is 33.7 Å². The van der Waals surface area contributed by atoms with Gasteiger partial charge >= 0.3 is 0 Å². The van der Waals surface area contributed by atoms with Gasteiger partial charge in [0.05, 0.1) is 13.2 Å². The maximum atomic E-state index is 5.70. The van der Waals surface area contributed by atoms with Gasteiger partial charge in [-0.2, -0.15) is 0 Å². The predicted octanol–water partition coefficient (Wildman–Crippen LogP) is 2.67. The van der Waals surface area contributed by atoms with E-state index >= 15 is 0 Å². The fraction of sp³-hybridized carbons (Fsp3) is 0.625. The Kier molecular flexibility index (Phi) is 5.53. The summed E-state index contributed by atoms with van der Waals surface area (Å²) >= 11 is 0. The second kappa shape index (κ2) is 7.39. The van der Waals surface area contributed by atoms with Crippen molar-refractivity contribution in [3.63, 3.8) is 0 Å². The Morgan fingerprint density at radius 3 is 2.60 bits per heavy atom. The largest absolute Gasteiger partial charge is 0.490 e. The average Bonchev–Trinajstić information content (AvgIpc) is 2.90. The third-order valence-electron chi connectivity index (χ3n) is 3.57. The van der Waals surface area contributed by atoms with Gasteiger partial charge in [-0.1, -0.05) is 6.92 Å². The lowest BCUT2D eigenvalue weighted by atomic mass is 10.2. The molecule has 0 bridgehead atoms. The Balaban J connectivity index is 2.10. The normalized spacial score (nSPS) is 18.4. The van der Waals surface area contributed by atoms with Crippen molar-refractivity contribution in [3.8, 4) is 11.5 Å². The van der Waals surface area contributed by atoms with Gasteiger partial charge in [-0.25, -0.2) is 0 Å². The van der Waals surface area contributed by atoms with Crippen molar-refractivity contribution >= 4 is 5.69 Å². The predicted molar refractivity (Wildman–Crippen MR) is 83.1 cm³/mol. The molecule has 1 aliphatic heterocycles. The number of benzene rings is 1. The Morgan fingerprint density at radius 2 is 1.90 bits per heavy atom. The fourth-order valence-corrected chi connectivity index (χ4v) is 2.69. The summed E-state index contributed by atoms with van der Waals surface area (Å²) in [6, 6.07) is 6.84. The van der Waals surface area contributed by atoms with Crippen LogP contribution < -0.4 is 19.7 Å². The molecule has 1 N–H and O–H groups in total. The molecule has 0 spiro atoms. The van der Waals surface area contributed by atoms with E-state index in [1.54, 1.807) is 0 Å². The van der Waals surface area contributed by atoms with E-state index in [2.05, 4.69) is 29.3 Å². The summed E-state index contributed by atoms with van der Waals surface area (Å²) < 4.78 is 11.3. The number of hydrogen-bond donors (Lipinski definition) is 1. The SMILES string of the molecule is CCNC1CCN(c2ccc(OCC)c(OCC)c2)C1. The molecule has 0 amide bonds. The van der Waals surface area contributed by atoms with Crippen molar-refractivity contribution < 1.29 is 9.47 Å². The zero-order valence-corrected chi connectivity index (χ0v) is 12.8. The molecule has 1 atom stereocenters. The minimum atomic E-state index is 0.599. The summed E-state index contributed by atoms with van der Waals surface area (Å²) in [4.78, 5) is 2.41. The molecular formula is C16H26N2O2. The lowest BCUT2D eigenvalue weighted by molar-refractivity contribution is 0.288. The van der Waals surface area contributed by atoms with Gasteiger partial charge in [0.1, 0.15) is 0 Å². The van der Waals surface area contributed by atoms with Gasteiger partial charge in [0, 0.05) is 30.9 Å². The maximum Gasteiger partial charge on any atom is 0.163 e. The first-order chi connectivity index (χ1) is 9.78. The molecule has 112 valence electrons. The van der Waals surface area contributed by atoms with Crippen LogP contribution in [0.3, 0.4) is 0 Å². The molecule has 0 radical (unpaired) electrons. The van der Waals surface area contributed by atoms with E-state index in [1.165, 1.54) is 12.1 Å². The number of likely N-dealkylation sites (N-methyl/N-ethyl adjacent to an activating group) is 1. The molecular weight excluding hydrogens is 252 g/mol. The van der Waals surface area contributed by atoms with Gasteiger partial charge in [0.2, 0.25) is 0 Å². The third kappa shape index (κ3) is 3.57. The van der Waals surface area contributed by atoms with Gasteiger partial charge in [-0.15, -0.1) is 0 Å². The zero-order valence-electron chi connectivity index (χ0n) is 12.8. The van der Waals surface area contributed by atoms with E-state index in [1.807, 2.05) is 19.9 Å². The van der Waals surface area contributed by atoms with Gasteiger partial charge in [-0.05, 0) is 38.9 Å². The van der Waals surface area contributed by atoms with Crippen molar-refractivity contribution in [2.75, 3.05) is 37.7 Å². The summed E-state index contributed by atoms with van der Waals surface area (Å²) in [6.45, 7) is 10.7. The van der Waals surface area contributed by atoms with Gasteiger partial charge in [-0.3, -0.25) is 0 Å². The molecule has 4 nitrogen and oxygen atoms in total. The van der Waals surface area contributed by atoms with Crippen LogP contribution >= 0.6 is 0 Å². The molecule has 1 fully saturated rings. The second-order valence-corrected chi connectivity index (χ2v) is 4.99. The summed E-state index contributed by atoms with van der Waals surface area (Å²) in [7, 11) is 0. The highest BCUT2D eigenvalue weighted by Gasteiger charge is 2.22. The van der Waals surface area contributed by atoms with Gasteiger partial charge in [0.15, 0.2) is 11.5 Å². The monoisotopic (exact) mass is 278 g/mol. The molecule has 2 rings (SSSR count). The first-order valence-electron chi connectivity index (χ1n) is 7.66. The van der Waals surface area contributed by atoms with Crippen LogP contribution in [0.1, 0.15) is 27.2 Å². The van der Waals surface area contributed by atoms with Crippen LogP contribution in [0.25, 0.3) is 0 Å². The summed E-state index contributed by atoms with van der Waals surface area (Å²) in [5.74, 6) is 1.68. The number of hydrogen-bond acceptors (Lipinski definition) is 4. The van der Waals surface area contributed by atoms with Crippen LogP contribution in [0.15, 0.2) is 18.2 Å². The number of anilines is 1. The Bertz CT molecular complexity index is 423. The van der Waals surface area contributed by atoms with Crippen LogP contribution in [0, 0.1) is 0 Å². The van der Waals surface area contributed by atoms with Crippen LogP contribution in [-0.4, -0.2) is 38.9 Å². The highest BCUT2D eigenvalue weighted by molar-refractivity contribution is 5.57. The minimum absolute atomic E-state index is 0.599. The molecule has 1 saturated heterocycles. The number of nitrogens with zero attached hydrogens (tertiary/aromatic N) is 1. The molecule has 20 heavy (non-hydrogen) atoms. The number of nitrogens with one attached hydrogen (secondary N) is 1. The summed E-state index contributed by atoms with van der Waals surface area (Å²) in [5, 5.41) is 3.52. The van der Waals surface area contributed by atoms with Gasteiger partial charge in [0.25, 0.3) is 0 Å². The second-order valence-electron chi connectivity index (χ2n) is 4.99. The Morgan fingerprint density at radius 1 is 1.15 bits per heavy atom. The van der Waals surface area contributed by atoms with E-state index in [4.69, 9.17) is 9.47 Å². The third-order valence-corrected chi connectivity index (χ3v) is 3.57. The maximum absolute atomic E-state index is 5.70. The minimum Gasteiger partial charge on any atom is -0.490 e. The lowest BCUT2D eigenvalue weighted by Crippen LogP contribution is -2.32. The van der Waals surface area contributed by atoms with Gasteiger partial charge < -0.3 is 19.7 Å².